The molecule has 1 aliphatic rings. The second kappa shape index (κ2) is 5.69. The number of aryl methyl sites for hydroxylation is 2. The Labute approximate surface area is 117 Å². The van der Waals surface area contributed by atoms with Crippen molar-refractivity contribution in [3.63, 3.8) is 0 Å². The lowest BCUT2D eigenvalue weighted by Gasteiger charge is -2.30. The molecule has 104 valence electrons. The Morgan fingerprint density at radius 3 is 2.74 bits per heavy atom. The number of thiazole rings is 1. The summed E-state index contributed by atoms with van der Waals surface area (Å²) in [6, 6.07) is 0. The zero-order valence-corrected chi connectivity index (χ0v) is 12.3. The van der Waals surface area contributed by atoms with E-state index in [-0.39, 0.29) is 0 Å². The molecule has 1 N–H and O–H groups in total. The Morgan fingerprint density at radius 1 is 1.42 bits per heavy atom. The fraction of sp³-hybridized carbons (Fsp3) is 0.615. The zero-order valence-electron chi connectivity index (χ0n) is 11.5. The van der Waals surface area contributed by atoms with Crippen LogP contribution < -0.4 is 5.32 Å². The molecule has 1 fully saturated rings. The second-order valence-electron chi connectivity index (χ2n) is 5.11. The lowest BCUT2D eigenvalue weighted by Crippen LogP contribution is -2.44. The number of hydrogen-bond donors (Lipinski definition) is 1. The Balaban J connectivity index is 1.97. The van der Waals surface area contributed by atoms with Gasteiger partial charge in [-0.25, -0.2) is 4.98 Å². The summed E-state index contributed by atoms with van der Waals surface area (Å²) in [5.41, 5.74) is 0.888. The third kappa shape index (κ3) is 3.32. The largest absolute Gasteiger partial charge is 0.334 e. The van der Waals surface area contributed by atoms with Crippen molar-refractivity contribution in [3.05, 3.63) is 10.6 Å². The Morgan fingerprint density at radius 2 is 2.16 bits per heavy atom. The first kappa shape index (κ1) is 14.0. The molecule has 2 rings (SSSR count). The highest BCUT2D eigenvalue weighted by Gasteiger charge is 2.26. The van der Waals surface area contributed by atoms with Gasteiger partial charge < -0.3 is 4.90 Å². The van der Waals surface area contributed by atoms with Crippen molar-refractivity contribution < 1.29 is 9.59 Å². The number of anilines is 1. The summed E-state index contributed by atoms with van der Waals surface area (Å²) in [5.74, 6) is -0.560. The maximum atomic E-state index is 12.0. The van der Waals surface area contributed by atoms with Gasteiger partial charge >= 0.3 is 11.8 Å². The molecule has 2 amide bonds. The van der Waals surface area contributed by atoms with Gasteiger partial charge in [-0.2, -0.15) is 0 Å². The van der Waals surface area contributed by atoms with E-state index in [1.807, 2.05) is 13.8 Å². The van der Waals surface area contributed by atoms with E-state index in [1.54, 1.807) is 4.90 Å². The number of amides is 2. The topological polar surface area (TPSA) is 62.3 Å². The zero-order chi connectivity index (χ0) is 14.0. The van der Waals surface area contributed by atoms with E-state index in [2.05, 4.69) is 17.2 Å². The minimum Gasteiger partial charge on any atom is -0.334 e. The van der Waals surface area contributed by atoms with Crippen LogP contribution in [0.1, 0.15) is 30.3 Å². The molecule has 0 bridgehead atoms. The number of hydrogen-bond acceptors (Lipinski definition) is 4. The van der Waals surface area contributed by atoms with Crippen LogP contribution in [0.15, 0.2) is 0 Å². The lowest BCUT2D eigenvalue weighted by molar-refractivity contribution is -0.144. The van der Waals surface area contributed by atoms with Gasteiger partial charge in [0.25, 0.3) is 0 Å². The van der Waals surface area contributed by atoms with Crippen LogP contribution in [-0.4, -0.2) is 34.8 Å². The van der Waals surface area contributed by atoms with Crippen LogP contribution in [0.5, 0.6) is 0 Å². The van der Waals surface area contributed by atoms with Gasteiger partial charge in [-0.3, -0.25) is 14.9 Å². The molecule has 1 aromatic heterocycles. The van der Waals surface area contributed by atoms with Crippen molar-refractivity contribution in [3.8, 4) is 0 Å². The molecule has 2 heterocycles. The average Bonchev–Trinajstić information content (AvgIpc) is 2.67. The van der Waals surface area contributed by atoms with Crippen molar-refractivity contribution in [2.45, 2.75) is 33.6 Å². The highest BCUT2D eigenvalue weighted by molar-refractivity contribution is 7.15. The van der Waals surface area contributed by atoms with Gasteiger partial charge in [0.1, 0.15) is 0 Å². The third-order valence-corrected chi connectivity index (χ3v) is 4.38. The minimum absolute atomic E-state index is 0.447. The molecule has 0 saturated carbocycles. The first-order valence-electron chi connectivity index (χ1n) is 6.51. The summed E-state index contributed by atoms with van der Waals surface area (Å²) >= 11 is 1.39. The smallest absolute Gasteiger partial charge is 0.315 e. The Kier molecular flexibility index (Phi) is 4.19. The van der Waals surface area contributed by atoms with E-state index >= 15 is 0 Å². The fourth-order valence-electron chi connectivity index (χ4n) is 2.19. The lowest BCUT2D eigenvalue weighted by atomic mass is 10.0. The van der Waals surface area contributed by atoms with Crippen molar-refractivity contribution >= 4 is 28.3 Å². The van der Waals surface area contributed by atoms with Crippen molar-refractivity contribution in [1.29, 1.82) is 0 Å². The number of carbonyl (C=O) groups is 2. The van der Waals surface area contributed by atoms with Gasteiger partial charge in [0, 0.05) is 18.0 Å². The Hall–Kier alpha value is -1.43. The first-order chi connectivity index (χ1) is 8.97. The van der Waals surface area contributed by atoms with Crippen LogP contribution >= 0.6 is 11.3 Å². The van der Waals surface area contributed by atoms with E-state index in [0.29, 0.717) is 24.1 Å². The maximum Gasteiger partial charge on any atom is 0.315 e. The van der Waals surface area contributed by atoms with Gasteiger partial charge in [0.15, 0.2) is 5.13 Å². The molecule has 0 spiro atoms. The summed E-state index contributed by atoms with van der Waals surface area (Å²) in [4.78, 5) is 30.8. The summed E-state index contributed by atoms with van der Waals surface area (Å²) in [5, 5.41) is 3.09. The number of nitrogens with one attached hydrogen (secondary N) is 1. The molecule has 1 saturated heterocycles. The predicted octanol–water partition coefficient (Wildman–Crippen LogP) is 1.96. The van der Waals surface area contributed by atoms with Crippen LogP contribution in [0, 0.1) is 19.8 Å². The predicted molar refractivity (Wildman–Crippen MR) is 75.2 cm³/mol. The summed E-state index contributed by atoms with van der Waals surface area (Å²) in [6.45, 7) is 7.27. The minimum atomic E-state index is -0.581. The summed E-state index contributed by atoms with van der Waals surface area (Å²) in [6.07, 6.45) is 2.09. The number of likely N-dealkylation sites (tertiary alicyclic amines) is 1. The normalized spacial score (nSPS) is 19.3. The molecule has 1 unspecified atom stereocenters. The van der Waals surface area contributed by atoms with Crippen LogP contribution in [-0.2, 0) is 9.59 Å². The molecule has 1 atom stereocenters. The summed E-state index contributed by atoms with van der Waals surface area (Å²) in [7, 11) is 0. The molecular weight excluding hydrogens is 262 g/mol. The number of aromatic nitrogens is 1. The highest BCUT2D eigenvalue weighted by atomic mass is 32.1. The molecule has 19 heavy (non-hydrogen) atoms. The van der Waals surface area contributed by atoms with Gasteiger partial charge in [-0.1, -0.05) is 6.92 Å². The monoisotopic (exact) mass is 281 g/mol. The van der Waals surface area contributed by atoms with E-state index in [9.17, 15) is 9.59 Å². The van der Waals surface area contributed by atoms with Crippen LogP contribution in [0.25, 0.3) is 0 Å². The molecule has 5 nitrogen and oxygen atoms in total. The molecular formula is C13H19N3O2S. The van der Waals surface area contributed by atoms with E-state index < -0.39 is 11.8 Å². The number of carbonyl (C=O) groups excluding carboxylic acids is 2. The highest BCUT2D eigenvalue weighted by Crippen LogP contribution is 2.21. The first-order valence-corrected chi connectivity index (χ1v) is 7.33. The number of rotatable bonds is 1. The second-order valence-corrected chi connectivity index (χ2v) is 6.32. The quantitative estimate of drug-likeness (QED) is 0.800. The molecule has 1 aliphatic heterocycles. The Bertz CT molecular complexity index is 479. The van der Waals surface area contributed by atoms with Crippen LogP contribution in [0.3, 0.4) is 0 Å². The van der Waals surface area contributed by atoms with E-state index in [1.165, 1.54) is 11.3 Å². The van der Waals surface area contributed by atoms with Gasteiger partial charge in [0.2, 0.25) is 0 Å². The maximum absolute atomic E-state index is 12.0. The van der Waals surface area contributed by atoms with Crippen molar-refractivity contribution in [1.82, 2.24) is 9.88 Å². The fourth-order valence-corrected chi connectivity index (χ4v) is 3.00. The van der Waals surface area contributed by atoms with Crippen LogP contribution in [0.4, 0.5) is 5.13 Å². The van der Waals surface area contributed by atoms with Crippen molar-refractivity contribution in [2.75, 3.05) is 18.4 Å². The summed E-state index contributed by atoms with van der Waals surface area (Å²) < 4.78 is 0. The molecule has 6 heteroatoms. The molecule has 0 aliphatic carbocycles. The van der Waals surface area contributed by atoms with Gasteiger partial charge in [-0.05, 0) is 32.6 Å². The molecule has 0 aromatic carbocycles. The van der Waals surface area contributed by atoms with Crippen LogP contribution in [0.2, 0.25) is 0 Å². The SMILES string of the molecule is Cc1nc(NC(=O)C(=O)N2CCCC(C)C2)sc1C. The third-order valence-electron chi connectivity index (χ3n) is 3.39. The van der Waals surface area contributed by atoms with Gasteiger partial charge in [0.05, 0.1) is 5.69 Å². The number of piperidine rings is 1. The van der Waals surface area contributed by atoms with E-state index in [0.717, 1.165) is 23.4 Å². The molecule has 0 radical (unpaired) electrons. The molecule has 1 aromatic rings. The van der Waals surface area contributed by atoms with Crippen molar-refractivity contribution in [2.24, 2.45) is 5.92 Å². The number of nitrogens with zero attached hydrogens (tertiary/aromatic N) is 2. The van der Waals surface area contributed by atoms with Gasteiger partial charge in [-0.15, -0.1) is 11.3 Å². The standard InChI is InChI=1S/C13H19N3O2S/c1-8-5-4-6-16(7-8)12(18)11(17)15-13-14-9(2)10(3)19-13/h8H,4-7H2,1-3H3,(H,14,15,17). The average molecular weight is 281 g/mol. The van der Waals surface area contributed by atoms with E-state index in [4.69, 9.17) is 0 Å².